The van der Waals surface area contributed by atoms with Gasteiger partial charge in [0, 0.05) is 0 Å². The fourth-order valence-electron chi connectivity index (χ4n) is 1.26. The van der Waals surface area contributed by atoms with Gasteiger partial charge in [0.2, 0.25) is 5.88 Å². The van der Waals surface area contributed by atoms with Crippen LogP contribution in [-0.2, 0) is 6.61 Å². The van der Waals surface area contributed by atoms with Crippen molar-refractivity contribution in [1.82, 2.24) is 9.97 Å². The summed E-state index contributed by atoms with van der Waals surface area (Å²) in [6.07, 6.45) is 1.27. The third kappa shape index (κ3) is 2.64. The van der Waals surface area contributed by atoms with Crippen LogP contribution >= 0.6 is 11.6 Å². The number of rotatable bonds is 3. The van der Waals surface area contributed by atoms with Crippen molar-refractivity contribution in [2.75, 3.05) is 5.73 Å². The second kappa shape index (κ2) is 4.99. The van der Waals surface area contributed by atoms with Crippen LogP contribution in [0.2, 0.25) is 5.02 Å². The fourth-order valence-corrected chi connectivity index (χ4v) is 1.39. The van der Waals surface area contributed by atoms with Crippen molar-refractivity contribution >= 4 is 17.4 Å². The minimum atomic E-state index is -0.0587. The van der Waals surface area contributed by atoms with Crippen molar-refractivity contribution in [2.24, 2.45) is 0 Å². The first-order valence-corrected chi connectivity index (χ1v) is 5.22. The number of anilines is 1. The first kappa shape index (κ1) is 11.6. The molecule has 0 unspecified atom stereocenters. The highest BCUT2D eigenvalue weighted by atomic mass is 35.5. The Hall–Kier alpha value is -1.85. The van der Waals surface area contributed by atoms with Crippen LogP contribution in [0.4, 0.5) is 5.82 Å². The van der Waals surface area contributed by atoms with Crippen LogP contribution < -0.4 is 10.5 Å². The lowest BCUT2D eigenvalue weighted by atomic mass is 10.2. The summed E-state index contributed by atoms with van der Waals surface area (Å²) in [6, 6.07) is 6.96. The van der Waals surface area contributed by atoms with Crippen LogP contribution in [0.1, 0.15) is 5.56 Å². The first-order valence-electron chi connectivity index (χ1n) is 4.84. The molecule has 0 atom stereocenters. The topological polar surface area (TPSA) is 81.3 Å². The van der Waals surface area contributed by atoms with Crippen molar-refractivity contribution in [3.05, 3.63) is 41.2 Å². The Labute approximate surface area is 103 Å². The van der Waals surface area contributed by atoms with Crippen molar-refractivity contribution in [3.63, 3.8) is 0 Å². The first-order chi connectivity index (χ1) is 8.20. The fraction of sp³-hybridized carbons (Fsp3) is 0.0909. The number of halogens is 1. The molecule has 5 nitrogen and oxygen atoms in total. The van der Waals surface area contributed by atoms with Crippen LogP contribution in [0.3, 0.4) is 0 Å². The van der Waals surface area contributed by atoms with E-state index in [4.69, 9.17) is 27.2 Å². The predicted molar refractivity (Wildman–Crippen MR) is 63.9 cm³/mol. The number of benzene rings is 1. The number of aromatic nitrogens is 2. The number of nitrogens with two attached hydrogens (primary N) is 1. The lowest BCUT2D eigenvalue weighted by Crippen LogP contribution is -1.96. The Bertz CT molecular complexity index is 534. The van der Waals surface area contributed by atoms with Crippen molar-refractivity contribution in [3.8, 4) is 11.6 Å². The van der Waals surface area contributed by atoms with E-state index >= 15 is 0 Å². The Morgan fingerprint density at radius 1 is 1.35 bits per heavy atom. The van der Waals surface area contributed by atoms with Gasteiger partial charge >= 0.3 is 0 Å². The zero-order valence-electron chi connectivity index (χ0n) is 8.80. The molecule has 0 fully saturated rings. The van der Waals surface area contributed by atoms with Gasteiger partial charge in [0.25, 0.3) is 0 Å². The predicted octanol–water partition coefficient (Wildman–Crippen LogP) is 2.00. The molecular formula is C11H10ClN3O2. The number of nitrogen functional groups attached to an aromatic ring is 1. The van der Waals surface area contributed by atoms with Crippen molar-refractivity contribution < 1.29 is 9.84 Å². The number of nitrogens with zero attached hydrogens (tertiary/aromatic N) is 2. The average Bonchev–Trinajstić information content (AvgIpc) is 2.35. The number of aliphatic hydroxyl groups is 1. The van der Waals surface area contributed by atoms with E-state index in [0.29, 0.717) is 5.75 Å². The van der Waals surface area contributed by atoms with Crippen LogP contribution in [0.15, 0.2) is 30.6 Å². The lowest BCUT2D eigenvalue weighted by Gasteiger charge is -2.07. The van der Waals surface area contributed by atoms with Gasteiger partial charge in [-0.2, -0.15) is 4.98 Å². The summed E-state index contributed by atoms with van der Waals surface area (Å²) >= 11 is 5.89. The Kier molecular flexibility index (Phi) is 3.41. The summed E-state index contributed by atoms with van der Waals surface area (Å²) in [5, 5.41) is 9.17. The van der Waals surface area contributed by atoms with Crippen LogP contribution in [0.25, 0.3) is 0 Å². The average molecular weight is 252 g/mol. The van der Waals surface area contributed by atoms with Crippen LogP contribution in [-0.4, -0.2) is 15.1 Å². The number of hydrogen-bond donors (Lipinski definition) is 2. The van der Waals surface area contributed by atoms with Crippen molar-refractivity contribution in [2.45, 2.75) is 6.61 Å². The summed E-state index contributed by atoms with van der Waals surface area (Å²) < 4.78 is 5.46. The van der Waals surface area contributed by atoms with E-state index in [1.165, 1.54) is 6.33 Å². The molecule has 0 aliphatic carbocycles. The molecule has 0 saturated carbocycles. The SMILES string of the molecule is Nc1ncnc(Oc2cccc(CO)c2)c1Cl. The second-order valence-electron chi connectivity index (χ2n) is 3.29. The van der Waals surface area contributed by atoms with Gasteiger partial charge in [0.05, 0.1) is 6.61 Å². The minimum Gasteiger partial charge on any atom is -0.437 e. The maximum absolute atomic E-state index is 9.00. The van der Waals surface area contributed by atoms with Gasteiger partial charge < -0.3 is 15.6 Å². The molecule has 88 valence electrons. The summed E-state index contributed by atoms with van der Waals surface area (Å²) in [5.41, 5.74) is 6.26. The number of ether oxygens (including phenoxy) is 1. The Morgan fingerprint density at radius 2 is 2.18 bits per heavy atom. The molecule has 17 heavy (non-hydrogen) atoms. The van der Waals surface area contributed by atoms with Crippen LogP contribution in [0.5, 0.6) is 11.6 Å². The molecule has 2 aromatic rings. The molecule has 1 aromatic carbocycles. The minimum absolute atomic E-state index is 0.0587. The van der Waals surface area contributed by atoms with Gasteiger partial charge in [-0.3, -0.25) is 0 Å². The summed E-state index contributed by atoms with van der Waals surface area (Å²) in [7, 11) is 0. The second-order valence-corrected chi connectivity index (χ2v) is 3.66. The maximum Gasteiger partial charge on any atom is 0.243 e. The van der Waals surface area contributed by atoms with E-state index in [1.54, 1.807) is 24.3 Å². The Morgan fingerprint density at radius 3 is 2.94 bits per heavy atom. The van der Waals surface area contributed by atoms with E-state index in [1.807, 2.05) is 0 Å². The molecule has 0 amide bonds. The normalized spacial score (nSPS) is 10.2. The summed E-state index contributed by atoms with van der Waals surface area (Å²) in [6.45, 7) is -0.0587. The van der Waals surface area contributed by atoms with E-state index < -0.39 is 0 Å². The van der Waals surface area contributed by atoms with Gasteiger partial charge in [-0.05, 0) is 17.7 Å². The molecule has 0 aliphatic rings. The molecule has 1 heterocycles. The van der Waals surface area contributed by atoms with E-state index in [2.05, 4.69) is 9.97 Å². The lowest BCUT2D eigenvalue weighted by molar-refractivity contribution is 0.281. The maximum atomic E-state index is 9.00. The van der Waals surface area contributed by atoms with Gasteiger partial charge in [0.1, 0.15) is 22.9 Å². The Balaban J connectivity index is 2.28. The molecule has 0 saturated heterocycles. The molecule has 0 bridgehead atoms. The standard InChI is InChI=1S/C11H10ClN3O2/c12-9-10(13)14-6-15-11(9)17-8-3-1-2-7(4-8)5-16/h1-4,6,16H,5H2,(H2,13,14,15). The quantitative estimate of drug-likeness (QED) is 0.872. The molecule has 0 aliphatic heterocycles. The monoisotopic (exact) mass is 251 g/mol. The van der Waals surface area contributed by atoms with Gasteiger partial charge in [-0.25, -0.2) is 4.98 Å². The van der Waals surface area contributed by atoms with E-state index in [-0.39, 0.29) is 23.3 Å². The molecule has 3 N–H and O–H groups in total. The zero-order valence-corrected chi connectivity index (χ0v) is 9.55. The smallest absolute Gasteiger partial charge is 0.243 e. The molecular weight excluding hydrogens is 242 g/mol. The molecule has 0 spiro atoms. The van der Waals surface area contributed by atoms with Crippen molar-refractivity contribution in [1.29, 1.82) is 0 Å². The van der Waals surface area contributed by atoms with Gasteiger partial charge in [0.15, 0.2) is 0 Å². The highest BCUT2D eigenvalue weighted by molar-refractivity contribution is 6.34. The van der Waals surface area contributed by atoms with Gasteiger partial charge in [-0.15, -0.1) is 0 Å². The number of hydrogen-bond acceptors (Lipinski definition) is 5. The zero-order chi connectivity index (χ0) is 12.3. The third-order valence-electron chi connectivity index (χ3n) is 2.08. The summed E-state index contributed by atoms with van der Waals surface area (Å²) in [4.78, 5) is 7.61. The highest BCUT2D eigenvalue weighted by Crippen LogP contribution is 2.29. The molecule has 0 radical (unpaired) electrons. The summed E-state index contributed by atoms with van der Waals surface area (Å²) in [5.74, 6) is 0.876. The van der Waals surface area contributed by atoms with E-state index in [0.717, 1.165) is 5.56 Å². The number of aliphatic hydroxyl groups excluding tert-OH is 1. The van der Waals surface area contributed by atoms with Crippen LogP contribution in [0, 0.1) is 0 Å². The largest absolute Gasteiger partial charge is 0.437 e. The van der Waals surface area contributed by atoms with E-state index in [9.17, 15) is 0 Å². The third-order valence-corrected chi connectivity index (χ3v) is 2.44. The molecule has 1 aromatic heterocycles. The molecule has 6 heteroatoms. The highest BCUT2D eigenvalue weighted by Gasteiger charge is 2.08. The molecule has 2 rings (SSSR count). The van der Waals surface area contributed by atoms with Gasteiger partial charge in [-0.1, -0.05) is 23.7 Å².